The lowest BCUT2D eigenvalue weighted by Gasteiger charge is -1.82. The molecule has 0 radical (unpaired) electrons. The van der Waals surface area contributed by atoms with Crippen molar-refractivity contribution in [1.29, 1.82) is 0 Å². The van der Waals surface area contributed by atoms with Crippen LogP contribution in [0, 0.1) is 0 Å². The molecule has 0 aliphatic carbocycles. The van der Waals surface area contributed by atoms with Gasteiger partial charge in [-0.15, -0.1) is 0 Å². The second-order valence-electron chi connectivity index (χ2n) is 1.17. The summed E-state index contributed by atoms with van der Waals surface area (Å²) < 4.78 is 0.572. The third kappa shape index (κ3) is 1.06. The molecule has 0 amide bonds. The van der Waals surface area contributed by atoms with E-state index in [0.29, 0.717) is 3.92 Å². The van der Waals surface area contributed by atoms with Gasteiger partial charge in [-0.2, -0.15) is 0 Å². The van der Waals surface area contributed by atoms with Crippen LogP contribution in [-0.2, 0) is 9.78 Å². The second kappa shape index (κ2) is 2.09. The first-order chi connectivity index (χ1) is 2.89. The molecule has 6 heavy (non-hydrogen) atoms. The van der Waals surface area contributed by atoms with E-state index in [1.54, 1.807) is 0 Å². The Hall–Kier alpha value is 0.650. The van der Waals surface area contributed by atoms with E-state index in [1.165, 1.54) is 0 Å². The van der Waals surface area contributed by atoms with Crippen molar-refractivity contribution in [3.8, 4) is 0 Å². The summed E-state index contributed by atoms with van der Waals surface area (Å²) in [4.78, 5) is 9.10. The Kier molecular flexibility index (Phi) is 1.67. The molecule has 0 aromatic carbocycles. The molecule has 0 spiro atoms. The summed E-state index contributed by atoms with van der Waals surface area (Å²) in [6.45, 7) is 1.50. The van der Waals surface area contributed by atoms with Gasteiger partial charge in [0.05, 0.1) is 17.1 Å². The van der Waals surface area contributed by atoms with Crippen molar-refractivity contribution in [2.24, 2.45) is 0 Å². The van der Waals surface area contributed by atoms with Gasteiger partial charge in [0.25, 0.3) is 0 Å². The van der Waals surface area contributed by atoms with Gasteiger partial charge in [0.15, 0.2) is 0 Å². The van der Waals surface area contributed by atoms with E-state index >= 15 is 0 Å². The van der Waals surface area contributed by atoms with Crippen molar-refractivity contribution in [3.05, 3.63) is 0 Å². The maximum absolute atomic E-state index is 4.55. The molecule has 1 aliphatic rings. The van der Waals surface area contributed by atoms with Crippen LogP contribution >= 0.6 is 22.6 Å². The highest BCUT2D eigenvalue weighted by molar-refractivity contribution is 14.1. The standard InChI is InChI=1S/C3H5IO2/c4-3-1-5-6-2-3/h3H,1-2H2. The molecule has 0 N–H and O–H groups in total. The Morgan fingerprint density at radius 2 is 1.83 bits per heavy atom. The number of rotatable bonds is 0. The van der Waals surface area contributed by atoms with Crippen LogP contribution in [0.25, 0.3) is 0 Å². The summed E-state index contributed by atoms with van der Waals surface area (Å²) in [6, 6.07) is 0. The zero-order valence-electron chi connectivity index (χ0n) is 3.19. The van der Waals surface area contributed by atoms with Crippen LogP contribution in [0.3, 0.4) is 0 Å². The highest BCUT2D eigenvalue weighted by atomic mass is 127. The van der Waals surface area contributed by atoms with Crippen LogP contribution in [-0.4, -0.2) is 17.1 Å². The largest absolute Gasteiger partial charge is 0.235 e. The van der Waals surface area contributed by atoms with E-state index in [9.17, 15) is 0 Å². The molecular formula is C3H5IO2. The molecule has 36 valence electrons. The molecule has 0 saturated carbocycles. The van der Waals surface area contributed by atoms with Crippen LogP contribution in [0.4, 0.5) is 0 Å². The van der Waals surface area contributed by atoms with Crippen LogP contribution in [0.1, 0.15) is 0 Å². The van der Waals surface area contributed by atoms with Gasteiger partial charge in [0, 0.05) is 0 Å². The summed E-state index contributed by atoms with van der Waals surface area (Å²) in [5.74, 6) is 0. The van der Waals surface area contributed by atoms with Gasteiger partial charge in [-0.05, 0) is 0 Å². The zero-order chi connectivity index (χ0) is 4.41. The fourth-order valence-electron chi connectivity index (χ4n) is 0.292. The third-order valence-corrected chi connectivity index (χ3v) is 1.30. The summed E-state index contributed by atoms with van der Waals surface area (Å²) >= 11 is 2.28. The summed E-state index contributed by atoms with van der Waals surface area (Å²) in [6.07, 6.45) is 0. The predicted octanol–water partition coefficient (Wildman–Crippen LogP) is 0.752. The minimum atomic E-state index is 0.572. The average Bonchev–Trinajstić information content (AvgIpc) is 1.86. The van der Waals surface area contributed by atoms with E-state index < -0.39 is 0 Å². The molecule has 2 nitrogen and oxygen atoms in total. The fraction of sp³-hybridized carbons (Fsp3) is 1.00. The van der Waals surface area contributed by atoms with Crippen LogP contribution in [0.2, 0.25) is 0 Å². The molecule has 1 heterocycles. The lowest BCUT2D eigenvalue weighted by Crippen LogP contribution is -1.97. The monoisotopic (exact) mass is 200 g/mol. The lowest BCUT2D eigenvalue weighted by molar-refractivity contribution is -0.248. The number of alkyl halides is 1. The highest BCUT2D eigenvalue weighted by Crippen LogP contribution is 2.07. The highest BCUT2D eigenvalue weighted by Gasteiger charge is 2.11. The topological polar surface area (TPSA) is 18.5 Å². The molecule has 1 fully saturated rings. The Bertz CT molecular complexity index is 42.1. The molecule has 1 saturated heterocycles. The summed E-state index contributed by atoms with van der Waals surface area (Å²) in [7, 11) is 0. The van der Waals surface area contributed by atoms with E-state index in [-0.39, 0.29) is 0 Å². The van der Waals surface area contributed by atoms with Crippen LogP contribution < -0.4 is 0 Å². The molecular weight excluding hydrogens is 195 g/mol. The molecule has 0 bridgehead atoms. The minimum absolute atomic E-state index is 0.572. The average molecular weight is 200 g/mol. The maximum Gasteiger partial charge on any atom is 0.0963 e. The van der Waals surface area contributed by atoms with Crippen molar-refractivity contribution in [2.75, 3.05) is 13.2 Å². The van der Waals surface area contributed by atoms with Gasteiger partial charge >= 0.3 is 0 Å². The van der Waals surface area contributed by atoms with Gasteiger partial charge in [0.1, 0.15) is 0 Å². The zero-order valence-corrected chi connectivity index (χ0v) is 5.34. The van der Waals surface area contributed by atoms with Gasteiger partial charge in [0.2, 0.25) is 0 Å². The summed E-state index contributed by atoms with van der Waals surface area (Å²) in [5.41, 5.74) is 0. The van der Waals surface area contributed by atoms with E-state index in [0.717, 1.165) is 13.2 Å². The Balaban J connectivity index is 2.18. The van der Waals surface area contributed by atoms with Gasteiger partial charge in [-0.3, -0.25) is 0 Å². The molecule has 0 aromatic rings. The number of hydrogen-bond donors (Lipinski definition) is 0. The first kappa shape index (κ1) is 4.80. The van der Waals surface area contributed by atoms with Crippen LogP contribution in [0.15, 0.2) is 0 Å². The predicted molar refractivity (Wildman–Crippen MR) is 29.7 cm³/mol. The quantitative estimate of drug-likeness (QED) is 0.326. The van der Waals surface area contributed by atoms with E-state index in [2.05, 4.69) is 32.4 Å². The van der Waals surface area contributed by atoms with Crippen LogP contribution in [0.5, 0.6) is 0 Å². The van der Waals surface area contributed by atoms with Gasteiger partial charge in [-0.1, -0.05) is 22.6 Å². The number of hydrogen-bond acceptors (Lipinski definition) is 2. The Labute approximate surface area is 49.9 Å². The second-order valence-corrected chi connectivity index (χ2v) is 2.93. The maximum atomic E-state index is 4.55. The van der Waals surface area contributed by atoms with E-state index in [4.69, 9.17) is 0 Å². The molecule has 1 rings (SSSR count). The molecule has 3 heteroatoms. The molecule has 0 unspecified atom stereocenters. The number of halogens is 1. The SMILES string of the molecule is IC1COOC1. The first-order valence-corrected chi connectivity index (χ1v) is 3.02. The van der Waals surface area contributed by atoms with Crippen molar-refractivity contribution < 1.29 is 9.78 Å². The normalized spacial score (nSPS) is 25.5. The molecule has 1 aliphatic heterocycles. The summed E-state index contributed by atoms with van der Waals surface area (Å²) in [5, 5.41) is 0. The van der Waals surface area contributed by atoms with Crippen molar-refractivity contribution in [1.82, 2.24) is 0 Å². The first-order valence-electron chi connectivity index (χ1n) is 1.78. The fourth-order valence-corrected chi connectivity index (χ4v) is 0.586. The van der Waals surface area contributed by atoms with E-state index in [1.807, 2.05) is 0 Å². The van der Waals surface area contributed by atoms with Crippen molar-refractivity contribution >= 4 is 22.6 Å². The van der Waals surface area contributed by atoms with Gasteiger partial charge < -0.3 is 0 Å². The third-order valence-electron chi connectivity index (χ3n) is 0.581. The van der Waals surface area contributed by atoms with Crippen molar-refractivity contribution in [3.63, 3.8) is 0 Å². The smallest absolute Gasteiger partial charge is 0.0963 e. The Morgan fingerprint density at radius 3 is 2.00 bits per heavy atom. The molecule has 0 aromatic heterocycles. The lowest BCUT2D eigenvalue weighted by atomic mass is 10.5. The van der Waals surface area contributed by atoms with Gasteiger partial charge in [-0.25, -0.2) is 9.78 Å². The van der Waals surface area contributed by atoms with Crippen molar-refractivity contribution in [2.45, 2.75) is 3.92 Å². The Morgan fingerprint density at radius 1 is 1.33 bits per heavy atom. The molecule has 0 atom stereocenters. The minimum Gasteiger partial charge on any atom is -0.235 e.